The number of carboxylic acids is 1. The van der Waals surface area contributed by atoms with Gasteiger partial charge in [-0.25, -0.2) is 0 Å². The average Bonchev–Trinajstić information content (AvgIpc) is 2.05. The fourth-order valence-electron chi connectivity index (χ4n) is 0.918. The molecular weight excluding hydrogens is 192 g/mol. The van der Waals surface area contributed by atoms with Gasteiger partial charge in [0.25, 0.3) is 0 Å². The van der Waals surface area contributed by atoms with Crippen molar-refractivity contribution in [3.8, 4) is 5.75 Å². The lowest BCUT2D eigenvalue weighted by atomic mass is 10.1. The number of carbonyl (C=O) groups is 1. The van der Waals surface area contributed by atoms with Crippen molar-refractivity contribution in [1.29, 1.82) is 0 Å². The summed E-state index contributed by atoms with van der Waals surface area (Å²) in [4.78, 5) is 10.3. The highest BCUT2D eigenvalue weighted by Gasteiger charge is 1.99. The van der Waals surface area contributed by atoms with Crippen LogP contribution < -0.4 is 4.74 Å². The van der Waals surface area contributed by atoms with Crippen molar-refractivity contribution in [2.75, 3.05) is 7.11 Å². The van der Waals surface area contributed by atoms with E-state index < -0.39 is 5.97 Å². The van der Waals surface area contributed by atoms with Crippen molar-refractivity contribution >= 4 is 18.4 Å². The molecule has 0 aliphatic carbocycles. The minimum absolute atomic E-state index is 0. The number of rotatable bonds is 3. The van der Waals surface area contributed by atoms with Gasteiger partial charge < -0.3 is 9.84 Å². The van der Waals surface area contributed by atoms with E-state index in [0.29, 0.717) is 0 Å². The Balaban J connectivity index is 0.00000144. The molecule has 0 aliphatic rings. The van der Waals surface area contributed by atoms with Gasteiger partial charge in [0.05, 0.1) is 13.5 Å². The fourth-order valence-corrected chi connectivity index (χ4v) is 0.918. The number of ether oxygens (including phenoxy) is 1. The fraction of sp³-hybridized carbons (Fsp3) is 0.222. The molecule has 0 radical (unpaired) electrons. The van der Waals surface area contributed by atoms with E-state index in [-0.39, 0.29) is 18.8 Å². The zero-order chi connectivity index (χ0) is 8.97. The SMILES string of the molecule is COc1ccc(CC(=O)O)cc1.Cl. The Morgan fingerprint density at radius 2 is 1.92 bits per heavy atom. The summed E-state index contributed by atoms with van der Waals surface area (Å²) in [7, 11) is 1.58. The predicted molar refractivity (Wildman–Crippen MR) is 51.6 cm³/mol. The molecule has 4 heteroatoms. The molecule has 13 heavy (non-hydrogen) atoms. The molecule has 0 bridgehead atoms. The molecule has 0 saturated heterocycles. The van der Waals surface area contributed by atoms with Crippen LogP contribution in [0.3, 0.4) is 0 Å². The van der Waals surface area contributed by atoms with Crippen molar-refractivity contribution in [3.63, 3.8) is 0 Å². The molecule has 0 heterocycles. The van der Waals surface area contributed by atoms with Crippen LogP contribution >= 0.6 is 12.4 Å². The monoisotopic (exact) mass is 202 g/mol. The Morgan fingerprint density at radius 3 is 2.31 bits per heavy atom. The molecule has 1 aromatic rings. The lowest BCUT2D eigenvalue weighted by Crippen LogP contribution is -1.99. The van der Waals surface area contributed by atoms with Gasteiger partial charge in [-0.15, -0.1) is 12.4 Å². The van der Waals surface area contributed by atoms with E-state index in [1.165, 1.54) is 0 Å². The lowest BCUT2D eigenvalue weighted by molar-refractivity contribution is -0.136. The summed E-state index contributed by atoms with van der Waals surface area (Å²) >= 11 is 0. The van der Waals surface area contributed by atoms with Crippen LogP contribution in [0.1, 0.15) is 5.56 Å². The Morgan fingerprint density at radius 1 is 1.38 bits per heavy atom. The summed E-state index contributed by atoms with van der Waals surface area (Å²) in [5.41, 5.74) is 0.781. The first-order valence-corrected chi connectivity index (χ1v) is 3.57. The lowest BCUT2D eigenvalue weighted by Gasteiger charge is -1.99. The highest BCUT2D eigenvalue weighted by atomic mass is 35.5. The molecular formula is C9H11ClO3. The molecule has 3 nitrogen and oxygen atoms in total. The molecule has 72 valence electrons. The first-order chi connectivity index (χ1) is 5.72. The number of carboxylic acid groups (broad SMARTS) is 1. The second-order valence-corrected chi connectivity index (χ2v) is 2.42. The second-order valence-electron chi connectivity index (χ2n) is 2.42. The maximum Gasteiger partial charge on any atom is 0.307 e. The molecule has 1 N–H and O–H groups in total. The average molecular weight is 203 g/mol. The standard InChI is InChI=1S/C9H10O3.ClH/c1-12-8-4-2-7(3-5-8)6-9(10)11;/h2-5H,6H2,1H3,(H,10,11);1H. The summed E-state index contributed by atoms with van der Waals surface area (Å²) in [6.07, 6.45) is 0.0595. The number of methoxy groups -OCH3 is 1. The maximum atomic E-state index is 10.3. The van der Waals surface area contributed by atoms with E-state index in [9.17, 15) is 4.79 Å². The molecule has 0 aromatic heterocycles. The largest absolute Gasteiger partial charge is 0.497 e. The molecule has 0 unspecified atom stereocenters. The molecule has 0 amide bonds. The molecule has 0 atom stereocenters. The Hall–Kier alpha value is -1.22. The van der Waals surface area contributed by atoms with E-state index in [1.807, 2.05) is 0 Å². The van der Waals surface area contributed by atoms with E-state index in [1.54, 1.807) is 31.4 Å². The van der Waals surface area contributed by atoms with Crippen LogP contribution in [0, 0.1) is 0 Å². The summed E-state index contributed by atoms with van der Waals surface area (Å²) in [5.74, 6) is -0.0793. The van der Waals surface area contributed by atoms with Gasteiger partial charge in [0, 0.05) is 0 Å². The quantitative estimate of drug-likeness (QED) is 0.812. The van der Waals surface area contributed by atoms with E-state index in [4.69, 9.17) is 9.84 Å². The number of halogens is 1. The number of hydrogen-bond acceptors (Lipinski definition) is 2. The topological polar surface area (TPSA) is 46.5 Å². The summed E-state index contributed by atoms with van der Waals surface area (Å²) in [6, 6.07) is 6.98. The first kappa shape index (κ1) is 11.8. The van der Waals surface area contributed by atoms with Gasteiger partial charge >= 0.3 is 5.97 Å². The number of hydrogen-bond donors (Lipinski definition) is 1. The van der Waals surface area contributed by atoms with Crippen molar-refractivity contribution in [1.82, 2.24) is 0 Å². The zero-order valence-corrected chi connectivity index (χ0v) is 8.00. The van der Waals surface area contributed by atoms with Crippen LogP contribution in [-0.4, -0.2) is 18.2 Å². The van der Waals surface area contributed by atoms with E-state index >= 15 is 0 Å². The second kappa shape index (κ2) is 5.43. The molecule has 0 spiro atoms. The normalized spacial score (nSPS) is 8.69. The maximum absolute atomic E-state index is 10.3. The van der Waals surface area contributed by atoms with Crippen molar-refractivity contribution in [3.05, 3.63) is 29.8 Å². The van der Waals surface area contributed by atoms with Crippen LogP contribution in [0.5, 0.6) is 5.75 Å². The molecule has 0 aliphatic heterocycles. The van der Waals surface area contributed by atoms with Gasteiger partial charge in [-0.3, -0.25) is 4.79 Å². The molecule has 0 saturated carbocycles. The van der Waals surface area contributed by atoms with E-state index in [0.717, 1.165) is 11.3 Å². The van der Waals surface area contributed by atoms with Gasteiger partial charge in [0.15, 0.2) is 0 Å². The summed E-state index contributed by atoms with van der Waals surface area (Å²) in [5, 5.41) is 8.46. The number of benzene rings is 1. The van der Waals surface area contributed by atoms with Crippen LogP contribution in [0.15, 0.2) is 24.3 Å². The van der Waals surface area contributed by atoms with Crippen molar-refractivity contribution in [2.24, 2.45) is 0 Å². The Bertz CT molecular complexity index is 269. The highest BCUT2D eigenvalue weighted by Crippen LogP contribution is 2.11. The molecule has 0 fully saturated rings. The van der Waals surface area contributed by atoms with Gasteiger partial charge in [-0.1, -0.05) is 12.1 Å². The van der Waals surface area contributed by atoms with Crippen LogP contribution in [0.4, 0.5) is 0 Å². The third-order valence-corrected chi connectivity index (χ3v) is 1.51. The van der Waals surface area contributed by atoms with Gasteiger partial charge in [0.1, 0.15) is 5.75 Å². The highest BCUT2D eigenvalue weighted by molar-refractivity contribution is 5.85. The zero-order valence-electron chi connectivity index (χ0n) is 7.19. The van der Waals surface area contributed by atoms with Gasteiger partial charge in [-0.05, 0) is 17.7 Å². The third-order valence-electron chi connectivity index (χ3n) is 1.51. The molecule has 1 aromatic carbocycles. The first-order valence-electron chi connectivity index (χ1n) is 3.57. The van der Waals surface area contributed by atoms with Gasteiger partial charge in [0.2, 0.25) is 0 Å². The smallest absolute Gasteiger partial charge is 0.307 e. The third kappa shape index (κ3) is 3.80. The van der Waals surface area contributed by atoms with Crippen molar-refractivity contribution < 1.29 is 14.6 Å². The summed E-state index contributed by atoms with van der Waals surface area (Å²) < 4.78 is 4.93. The Kier molecular flexibility index (Phi) is 4.92. The summed E-state index contributed by atoms with van der Waals surface area (Å²) in [6.45, 7) is 0. The van der Waals surface area contributed by atoms with Crippen LogP contribution in [-0.2, 0) is 11.2 Å². The molecule has 1 rings (SSSR count). The van der Waals surface area contributed by atoms with Gasteiger partial charge in [-0.2, -0.15) is 0 Å². The minimum atomic E-state index is -0.819. The minimum Gasteiger partial charge on any atom is -0.497 e. The number of aliphatic carboxylic acids is 1. The Labute approximate surface area is 82.7 Å². The van der Waals surface area contributed by atoms with E-state index in [2.05, 4.69) is 0 Å². The predicted octanol–water partition coefficient (Wildman–Crippen LogP) is 1.74. The van der Waals surface area contributed by atoms with Crippen LogP contribution in [0.25, 0.3) is 0 Å². The van der Waals surface area contributed by atoms with Crippen LogP contribution in [0.2, 0.25) is 0 Å². The van der Waals surface area contributed by atoms with Crippen molar-refractivity contribution in [2.45, 2.75) is 6.42 Å².